The summed E-state index contributed by atoms with van der Waals surface area (Å²) >= 11 is 0. The summed E-state index contributed by atoms with van der Waals surface area (Å²) in [5.74, 6) is 1.12. The first-order valence-corrected chi connectivity index (χ1v) is 4.48. The minimum Gasteiger partial charge on any atom is -0.482 e. The van der Waals surface area contributed by atoms with Crippen molar-refractivity contribution in [1.82, 2.24) is 0 Å². The summed E-state index contributed by atoms with van der Waals surface area (Å²) in [5, 5.41) is 2.69. The molecular weight excluding hydrogens is 198 g/mol. The average Bonchev–Trinajstić information content (AvgIpc) is 2.25. The third-order valence-electron chi connectivity index (χ3n) is 1.93. The molecule has 0 atom stereocenters. The molecule has 0 saturated carbocycles. The van der Waals surface area contributed by atoms with Crippen molar-refractivity contribution in [1.29, 1.82) is 0 Å². The predicted octanol–water partition coefficient (Wildman–Crippen LogP) is 1.00. The van der Waals surface area contributed by atoms with Crippen molar-refractivity contribution in [2.24, 2.45) is 0 Å². The number of carbonyl (C=O) groups excluding carboxylic acids is 1. The van der Waals surface area contributed by atoms with Crippen LogP contribution >= 0.6 is 0 Å². The molecule has 0 bridgehead atoms. The zero-order valence-electron chi connectivity index (χ0n) is 8.28. The van der Waals surface area contributed by atoms with E-state index < -0.39 is 0 Å². The van der Waals surface area contributed by atoms with E-state index in [1.165, 1.54) is 0 Å². The lowest BCUT2D eigenvalue weighted by atomic mass is 10.2. The number of benzene rings is 1. The molecule has 2 rings (SSSR count). The maximum absolute atomic E-state index is 11.0. The first-order chi connectivity index (χ1) is 7.29. The van der Waals surface area contributed by atoms with Gasteiger partial charge < -0.3 is 19.5 Å². The molecule has 80 valence electrons. The van der Waals surface area contributed by atoms with Gasteiger partial charge >= 0.3 is 0 Å². The zero-order valence-corrected chi connectivity index (χ0v) is 8.28. The fourth-order valence-electron chi connectivity index (χ4n) is 1.28. The fraction of sp³-hybridized carbons (Fsp3) is 0.300. The predicted molar refractivity (Wildman–Crippen MR) is 53.1 cm³/mol. The van der Waals surface area contributed by atoms with E-state index in [0.29, 0.717) is 17.2 Å². The molecule has 0 radical (unpaired) electrons. The SMILES string of the molecule is COCOc1ccc2c(c1)NC(=O)CO2. The van der Waals surface area contributed by atoms with Crippen LogP contribution in [0.5, 0.6) is 11.5 Å². The molecule has 1 aromatic rings. The van der Waals surface area contributed by atoms with Crippen LogP contribution in [0.25, 0.3) is 0 Å². The Hall–Kier alpha value is -1.75. The fourth-order valence-corrected chi connectivity index (χ4v) is 1.28. The van der Waals surface area contributed by atoms with Crippen LogP contribution < -0.4 is 14.8 Å². The smallest absolute Gasteiger partial charge is 0.262 e. The molecule has 1 aliphatic heterocycles. The van der Waals surface area contributed by atoms with Gasteiger partial charge in [0.2, 0.25) is 0 Å². The van der Waals surface area contributed by atoms with Gasteiger partial charge in [-0.2, -0.15) is 0 Å². The molecule has 1 aromatic carbocycles. The summed E-state index contributed by atoms with van der Waals surface area (Å²) in [6.45, 7) is 0.235. The number of hydrogen-bond donors (Lipinski definition) is 1. The number of hydrogen-bond acceptors (Lipinski definition) is 4. The Morgan fingerprint density at radius 1 is 1.53 bits per heavy atom. The number of fused-ring (bicyclic) bond motifs is 1. The largest absolute Gasteiger partial charge is 0.482 e. The van der Waals surface area contributed by atoms with Gasteiger partial charge in [-0.3, -0.25) is 4.79 Å². The van der Waals surface area contributed by atoms with Crippen molar-refractivity contribution in [2.75, 3.05) is 25.8 Å². The molecule has 0 fully saturated rings. The summed E-state index contributed by atoms with van der Waals surface area (Å²) in [7, 11) is 1.54. The maximum atomic E-state index is 11.0. The van der Waals surface area contributed by atoms with Gasteiger partial charge in [-0.1, -0.05) is 0 Å². The number of anilines is 1. The minimum atomic E-state index is -0.161. The van der Waals surface area contributed by atoms with Gasteiger partial charge in [-0.05, 0) is 12.1 Å². The maximum Gasteiger partial charge on any atom is 0.262 e. The molecular formula is C10H11NO4. The lowest BCUT2D eigenvalue weighted by Crippen LogP contribution is -2.25. The summed E-state index contributed by atoms with van der Waals surface area (Å²) in [6.07, 6.45) is 0. The van der Waals surface area contributed by atoms with Gasteiger partial charge in [0.05, 0.1) is 5.69 Å². The minimum absolute atomic E-state index is 0.0608. The molecule has 5 nitrogen and oxygen atoms in total. The van der Waals surface area contributed by atoms with Crippen LogP contribution in [-0.2, 0) is 9.53 Å². The molecule has 5 heteroatoms. The van der Waals surface area contributed by atoms with Gasteiger partial charge in [0.25, 0.3) is 5.91 Å². The molecule has 15 heavy (non-hydrogen) atoms. The third-order valence-corrected chi connectivity index (χ3v) is 1.93. The third kappa shape index (κ3) is 2.19. The van der Waals surface area contributed by atoms with E-state index in [-0.39, 0.29) is 19.3 Å². The van der Waals surface area contributed by atoms with Crippen LogP contribution in [0.1, 0.15) is 0 Å². The van der Waals surface area contributed by atoms with E-state index in [0.717, 1.165) is 0 Å². The van der Waals surface area contributed by atoms with E-state index in [1.54, 1.807) is 25.3 Å². The highest BCUT2D eigenvalue weighted by atomic mass is 16.7. The summed E-state index contributed by atoms with van der Waals surface area (Å²) in [4.78, 5) is 11.0. The monoisotopic (exact) mass is 209 g/mol. The molecule has 1 heterocycles. The van der Waals surface area contributed by atoms with Crippen molar-refractivity contribution < 1.29 is 19.0 Å². The van der Waals surface area contributed by atoms with E-state index in [2.05, 4.69) is 5.32 Å². The summed E-state index contributed by atoms with van der Waals surface area (Å²) < 4.78 is 15.2. The number of carbonyl (C=O) groups is 1. The number of ether oxygens (including phenoxy) is 3. The lowest BCUT2D eigenvalue weighted by molar-refractivity contribution is -0.118. The normalized spacial score (nSPS) is 13.8. The van der Waals surface area contributed by atoms with Crippen molar-refractivity contribution in [2.45, 2.75) is 0 Å². The van der Waals surface area contributed by atoms with E-state index in [4.69, 9.17) is 14.2 Å². The number of nitrogens with one attached hydrogen (secondary N) is 1. The van der Waals surface area contributed by atoms with Crippen LogP contribution in [0.3, 0.4) is 0 Å². The second-order valence-corrected chi connectivity index (χ2v) is 3.05. The van der Waals surface area contributed by atoms with Gasteiger partial charge in [-0.25, -0.2) is 0 Å². The molecule has 0 unspecified atom stereocenters. The van der Waals surface area contributed by atoms with E-state index in [9.17, 15) is 4.79 Å². The van der Waals surface area contributed by atoms with Crippen LogP contribution in [0.15, 0.2) is 18.2 Å². The first kappa shape index (κ1) is 9.79. The molecule has 0 aliphatic carbocycles. The molecule has 1 aliphatic rings. The van der Waals surface area contributed by atoms with E-state index >= 15 is 0 Å². The average molecular weight is 209 g/mol. The van der Waals surface area contributed by atoms with Crippen LogP contribution in [-0.4, -0.2) is 26.4 Å². The summed E-state index contributed by atoms with van der Waals surface area (Å²) in [5.41, 5.74) is 0.625. The lowest BCUT2D eigenvalue weighted by Gasteiger charge is -2.18. The number of rotatable bonds is 3. The highest BCUT2D eigenvalue weighted by Crippen LogP contribution is 2.31. The molecule has 0 aromatic heterocycles. The Balaban J connectivity index is 2.17. The Morgan fingerprint density at radius 3 is 3.20 bits per heavy atom. The van der Waals surface area contributed by atoms with Crippen LogP contribution in [0.4, 0.5) is 5.69 Å². The van der Waals surface area contributed by atoms with Crippen molar-refractivity contribution in [3.8, 4) is 11.5 Å². The standard InChI is InChI=1S/C10H11NO4/c1-13-6-15-7-2-3-9-8(4-7)11-10(12)5-14-9/h2-4H,5-6H2,1H3,(H,11,12). The molecule has 1 amide bonds. The van der Waals surface area contributed by atoms with Crippen LogP contribution in [0.2, 0.25) is 0 Å². The second-order valence-electron chi connectivity index (χ2n) is 3.05. The molecule has 0 spiro atoms. The second kappa shape index (κ2) is 4.18. The van der Waals surface area contributed by atoms with Crippen molar-refractivity contribution in [3.05, 3.63) is 18.2 Å². The van der Waals surface area contributed by atoms with E-state index in [1.807, 2.05) is 0 Å². The van der Waals surface area contributed by atoms with Crippen molar-refractivity contribution in [3.63, 3.8) is 0 Å². The highest BCUT2D eigenvalue weighted by molar-refractivity contribution is 5.95. The Kier molecular flexibility index (Phi) is 2.73. The van der Waals surface area contributed by atoms with Crippen LogP contribution in [0, 0.1) is 0 Å². The quantitative estimate of drug-likeness (QED) is 0.754. The van der Waals surface area contributed by atoms with Gasteiger partial charge in [0.1, 0.15) is 11.5 Å². The van der Waals surface area contributed by atoms with Gasteiger partial charge in [-0.15, -0.1) is 0 Å². The number of methoxy groups -OCH3 is 1. The molecule has 1 N–H and O–H groups in total. The molecule has 0 saturated heterocycles. The topological polar surface area (TPSA) is 56.8 Å². The summed E-state index contributed by atoms with van der Waals surface area (Å²) in [6, 6.07) is 5.21. The van der Waals surface area contributed by atoms with Gasteiger partial charge in [0.15, 0.2) is 13.4 Å². The van der Waals surface area contributed by atoms with Gasteiger partial charge in [0, 0.05) is 13.2 Å². The highest BCUT2D eigenvalue weighted by Gasteiger charge is 2.15. The Morgan fingerprint density at radius 2 is 2.40 bits per heavy atom. The Bertz CT molecular complexity index is 378. The zero-order chi connectivity index (χ0) is 10.7. The van der Waals surface area contributed by atoms with Crippen molar-refractivity contribution >= 4 is 11.6 Å². The first-order valence-electron chi connectivity index (χ1n) is 4.48. The Labute approximate surface area is 86.9 Å². The number of amides is 1.